The molecule has 3 aliphatic rings. The monoisotopic (exact) mass is 695 g/mol. The van der Waals surface area contributed by atoms with Crippen molar-refractivity contribution in [2.75, 3.05) is 0 Å². The summed E-state index contributed by atoms with van der Waals surface area (Å²) < 4.78 is 2.39. The van der Waals surface area contributed by atoms with E-state index in [1.165, 1.54) is 77.8 Å². The quantitative estimate of drug-likeness (QED) is 0.184. The minimum Gasteiger partial charge on any atom is -0.278 e. The van der Waals surface area contributed by atoms with Crippen LogP contribution in [0.4, 0.5) is 0 Å². The highest BCUT2D eigenvalue weighted by Crippen LogP contribution is 2.54. The highest BCUT2D eigenvalue weighted by atomic mass is 15.2. The van der Waals surface area contributed by atoms with Gasteiger partial charge >= 0.3 is 0 Å². The van der Waals surface area contributed by atoms with Crippen LogP contribution >= 0.6 is 0 Å². The Bertz CT molecular complexity index is 2940. The van der Waals surface area contributed by atoms with Gasteiger partial charge in [-0.1, -0.05) is 156 Å². The van der Waals surface area contributed by atoms with E-state index in [4.69, 9.17) is 9.97 Å². The van der Waals surface area contributed by atoms with Crippen LogP contribution in [0, 0.1) is 5.92 Å². The number of rotatable bonds is 3. The van der Waals surface area contributed by atoms with E-state index in [1.807, 2.05) is 0 Å². The lowest BCUT2D eigenvalue weighted by molar-refractivity contribution is 0.660. The largest absolute Gasteiger partial charge is 0.278 e. The lowest BCUT2D eigenvalue weighted by Crippen LogP contribution is -2.15. The molecule has 0 N–H and O–H groups in total. The first-order valence-electron chi connectivity index (χ1n) is 19.3. The van der Waals surface area contributed by atoms with Crippen LogP contribution in [0.3, 0.4) is 0 Å². The van der Waals surface area contributed by atoms with Gasteiger partial charge in [-0.05, 0) is 86.2 Å². The van der Waals surface area contributed by atoms with Crippen LogP contribution in [0.15, 0.2) is 133 Å². The van der Waals surface area contributed by atoms with Gasteiger partial charge in [0.2, 0.25) is 5.95 Å². The minimum atomic E-state index is -0.112. The van der Waals surface area contributed by atoms with Crippen molar-refractivity contribution >= 4 is 27.9 Å². The SMILES string of the molecule is CC1C=Cc2c(c3ccc4c(c3n2-c2nc(-c3ccccc3-c3ccc5c(c3)C(C)(C)c3ccccc3-5)c3ccccc3n2)-c2ccccc2C4(C)C)C1. The predicted molar refractivity (Wildman–Crippen MR) is 224 cm³/mol. The molecule has 3 nitrogen and oxygen atoms in total. The average molecular weight is 696 g/mol. The number of para-hydroxylation sites is 1. The van der Waals surface area contributed by atoms with Gasteiger partial charge < -0.3 is 0 Å². The summed E-state index contributed by atoms with van der Waals surface area (Å²) in [5, 5.41) is 2.35. The molecule has 260 valence electrons. The van der Waals surface area contributed by atoms with Crippen molar-refractivity contribution in [3.05, 3.63) is 167 Å². The van der Waals surface area contributed by atoms with Crippen LogP contribution in [0.1, 0.15) is 68.1 Å². The molecule has 1 unspecified atom stereocenters. The predicted octanol–water partition coefficient (Wildman–Crippen LogP) is 12.7. The van der Waals surface area contributed by atoms with E-state index in [1.54, 1.807) is 0 Å². The molecule has 0 spiro atoms. The Morgan fingerprint density at radius 1 is 0.574 bits per heavy atom. The van der Waals surface area contributed by atoms with Crippen molar-refractivity contribution in [1.29, 1.82) is 0 Å². The second kappa shape index (κ2) is 11.0. The van der Waals surface area contributed by atoms with Crippen LogP contribution in [0.5, 0.6) is 0 Å². The summed E-state index contributed by atoms with van der Waals surface area (Å²) in [5.74, 6) is 1.17. The molecule has 3 heteroatoms. The number of aromatic nitrogens is 3. The molecule has 1 atom stereocenters. The third-order valence-corrected chi connectivity index (χ3v) is 12.8. The minimum absolute atomic E-state index is 0.0846. The molecule has 54 heavy (non-hydrogen) atoms. The van der Waals surface area contributed by atoms with Crippen molar-refractivity contribution in [3.8, 4) is 50.6 Å². The van der Waals surface area contributed by atoms with E-state index < -0.39 is 0 Å². The number of benzene rings is 6. The van der Waals surface area contributed by atoms with Crippen LogP contribution in [0.2, 0.25) is 0 Å². The normalized spacial score (nSPS) is 16.9. The molecular formula is C51H41N3. The number of fused-ring (bicyclic) bond motifs is 11. The highest BCUT2D eigenvalue weighted by Gasteiger charge is 2.39. The molecule has 3 aliphatic carbocycles. The first-order valence-corrected chi connectivity index (χ1v) is 19.3. The van der Waals surface area contributed by atoms with Gasteiger partial charge in [0.25, 0.3) is 0 Å². The van der Waals surface area contributed by atoms with E-state index in [-0.39, 0.29) is 10.8 Å². The first-order chi connectivity index (χ1) is 26.2. The highest BCUT2D eigenvalue weighted by molar-refractivity contribution is 6.05. The zero-order valence-electron chi connectivity index (χ0n) is 31.4. The smallest absolute Gasteiger partial charge is 0.235 e. The Hall–Kier alpha value is -6.06. The lowest BCUT2D eigenvalue weighted by atomic mass is 9.81. The molecule has 0 saturated heterocycles. The maximum absolute atomic E-state index is 5.65. The van der Waals surface area contributed by atoms with Crippen molar-refractivity contribution < 1.29 is 0 Å². The molecule has 6 aromatic carbocycles. The molecule has 0 aliphatic heterocycles. The zero-order chi connectivity index (χ0) is 36.5. The molecule has 0 saturated carbocycles. The van der Waals surface area contributed by atoms with Gasteiger partial charge in [-0.3, -0.25) is 4.57 Å². The van der Waals surface area contributed by atoms with Crippen LogP contribution in [0.25, 0.3) is 78.5 Å². The molecule has 8 aromatic rings. The molecule has 2 aromatic heterocycles. The topological polar surface area (TPSA) is 30.7 Å². The summed E-state index contributed by atoms with van der Waals surface area (Å²) in [6, 6.07) is 46.9. The van der Waals surface area contributed by atoms with Crippen LogP contribution in [-0.2, 0) is 17.3 Å². The third kappa shape index (κ3) is 4.18. The second-order valence-electron chi connectivity index (χ2n) is 16.7. The summed E-state index contributed by atoms with van der Waals surface area (Å²) in [4.78, 5) is 11.1. The summed E-state index contributed by atoms with van der Waals surface area (Å²) >= 11 is 0. The number of nitrogens with zero attached hydrogens (tertiary/aromatic N) is 3. The maximum atomic E-state index is 5.65. The van der Waals surface area contributed by atoms with Crippen molar-refractivity contribution in [2.24, 2.45) is 5.92 Å². The van der Waals surface area contributed by atoms with Gasteiger partial charge in [0, 0.05) is 32.7 Å². The molecule has 2 heterocycles. The lowest BCUT2D eigenvalue weighted by Gasteiger charge is -2.22. The van der Waals surface area contributed by atoms with E-state index >= 15 is 0 Å². The molecular weight excluding hydrogens is 655 g/mol. The number of hydrogen-bond acceptors (Lipinski definition) is 2. The van der Waals surface area contributed by atoms with Gasteiger partial charge in [0.05, 0.1) is 22.4 Å². The fraction of sp³-hybridized carbons (Fsp3) is 0.176. The van der Waals surface area contributed by atoms with Gasteiger partial charge in [-0.25, -0.2) is 9.97 Å². The van der Waals surface area contributed by atoms with Crippen molar-refractivity contribution in [3.63, 3.8) is 0 Å². The summed E-state index contributed by atoms with van der Waals surface area (Å²) in [6.45, 7) is 11.7. The second-order valence-corrected chi connectivity index (χ2v) is 16.7. The molecule has 11 rings (SSSR count). The Morgan fingerprint density at radius 2 is 1.22 bits per heavy atom. The van der Waals surface area contributed by atoms with Gasteiger partial charge in [0.1, 0.15) is 0 Å². The summed E-state index contributed by atoms with van der Waals surface area (Å²) in [6.07, 6.45) is 5.65. The Morgan fingerprint density at radius 3 is 2.04 bits per heavy atom. The fourth-order valence-corrected chi connectivity index (χ4v) is 10.1. The maximum Gasteiger partial charge on any atom is 0.235 e. The molecule has 0 radical (unpaired) electrons. The Kier molecular flexibility index (Phi) is 6.40. The van der Waals surface area contributed by atoms with E-state index in [2.05, 4.69) is 179 Å². The first kappa shape index (κ1) is 31.5. The standard InChI is InChI=1S/C51H41N3/c1-30-22-27-45-39(28-30)36-25-26-42-46(37-17-9-12-20-41(37)50(42,2)3)48(36)54(45)49-52-44-21-13-10-18-38(44)47(53-49)35-16-7-6-14-32(35)31-23-24-34-33-15-8-11-19-40(33)51(4,5)43(34)29-31/h6-27,29-30H,28H2,1-5H3. The molecule has 0 fully saturated rings. The van der Waals surface area contributed by atoms with Gasteiger partial charge in [-0.2, -0.15) is 0 Å². The van der Waals surface area contributed by atoms with E-state index in [0.29, 0.717) is 11.9 Å². The molecule has 0 bridgehead atoms. The zero-order valence-corrected chi connectivity index (χ0v) is 31.4. The average Bonchev–Trinajstić information content (AvgIpc) is 3.74. The van der Waals surface area contributed by atoms with Crippen LogP contribution < -0.4 is 0 Å². The van der Waals surface area contributed by atoms with Crippen LogP contribution in [-0.4, -0.2) is 14.5 Å². The summed E-state index contributed by atoms with van der Waals surface area (Å²) in [5.41, 5.74) is 19.7. The number of hydrogen-bond donors (Lipinski definition) is 0. The van der Waals surface area contributed by atoms with Crippen molar-refractivity contribution in [1.82, 2.24) is 14.5 Å². The summed E-state index contributed by atoms with van der Waals surface area (Å²) in [7, 11) is 0. The molecule has 0 amide bonds. The number of allylic oxidation sites excluding steroid dienone is 1. The Balaban J connectivity index is 1.18. The van der Waals surface area contributed by atoms with Crippen molar-refractivity contribution in [2.45, 2.75) is 51.9 Å². The van der Waals surface area contributed by atoms with Gasteiger partial charge in [-0.15, -0.1) is 0 Å². The van der Waals surface area contributed by atoms with E-state index in [0.717, 1.165) is 28.6 Å². The fourth-order valence-electron chi connectivity index (χ4n) is 10.1. The van der Waals surface area contributed by atoms with Gasteiger partial charge in [0.15, 0.2) is 0 Å². The Labute approximate surface area is 316 Å². The third-order valence-electron chi connectivity index (χ3n) is 12.8. The van der Waals surface area contributed by atoms with E-state index in [9.17, 15) is 0 Å².